The van der Waals surface area contributed by atoms with E-state index in [2.05, 4.69) is 55.5 Å². The summed E-state index contributed by atoms with van der Waals surface area (Å²) in [7, 11) is 0. The number of phenols is 1. The maximum absolute atomic E-state index is 12.8. The lowest BCUT2D eigenvalue weighted by Crippen LogP contribution is -2.29. The van der Waals surface area contributed by atoms with Crippen molar-refractivity contribution < 1.29 is 19.4 Å². The van der Waals surface area contributed by atoms with Gasteiger partial charge in [0.05, 0.1) is 12.2 Å². The summed E-state index contributed by atoms with van der Waals surface area (Å²) in [6.07, 6.45) is 6.33. The van der Waals surface area contributed by atoms with E-state index < -0.39 is 12.1 Å². The average molecular weight is 692 g/mol. The van der Waals surface area contributed by atoms with Crippen LogP contribution in [0.5, 0.6) is 11.5 Å². The first kappa shape index (κ1) is 36.0. The van der Waals surface area contributed by atoms with Crippen LogP contribution in [0.25, 0.3) is 56.4 Å². The van der Waals surface area contributed by atoms with Gasteiger partial charge in [0.15, 0.2) is 23.6 Å². The molecule has 0 fully saturated rings. The molecule has 0 amide bonds. The molecule has 1 atom stereocenters. The monoisotopic (exact) mass is 691 g/mol. The minimum atomic E-state index is -0.779. The van der Waals surface area contributed by atoms with Crippen LogP contribution in [0.15, 0.2) is 127 Å². The Kier molecular flexibility index (Phi) is 12.4. The summed E-state index contributed by atoms with van der Waals surface area (Å²) < 4.78 is 11.5. The first-order valence-corrected chi connectivity index (χ1v) is 18.3. The lowest BCUT2D eigenvalue weighted by molar-refractivity contribution is -0.152. The third-order valence-electron chi connectivity index (χ3n) is 9.00. The van der Waals surface area contributed by atoms with E-state index in [4.69, 9.17) is 24.4 Å². The van der Waals surface area contributed by atoms with Crippen LogP contribution < -0.4 is 4.74 Å². The number of esters is 1. The number of unbranched alkanes of at least 4 members (excludes halogenated alkanes) is 5. The Bertz CT molecular complexity index is 1930. The van der Waals surface area contributed by atoms with Crippen LogP contribution in [0.1, 0.15) is 58.8 Å². The van der Waals surface area contributed by atoms with Gasteiger partial charge in [0.2, 0.25) is 0 Å². The molecule has 0 saturated heterocycles. The summed E-state index contributed by atoms with van der Waals surface area (Å²) >= 11 is 0. The number of benzene rings is 5. The number of nitrogens with zero attached hydrogens (tertiary/aromatic N) is 3. The van der Waals surface area contributed by atoms with Crippen molar-refractivity contribution in [2.75, 3.05) is 6.61 Å². The van der Waals surface area contributed by atoms with Gasteiger partial charge in [-0.2, -0.15) is 0 Å². The number of carbonyl (C=O) groups excluding carboxylic acids is 1. The maximum Gasteiger partial charge on any atom is 0.347 e. The molecule has 264 valence electrons. The minimum absolute atomic E-state index is 0.0743. The molecule has 5 aromatic carbocycles. The molecule has 7 nitrogen and oxygen atoms in total. The van der Waals surface area contributed by atoms with Gasteiger partial charge in [-0.25, -0.2) is 19.7 Å². The molecule has 0 bridgehead atoms. The van der Waals surface area contributed by atoms with Crippen LogP contribution in [-0.2, 0) is 9.53 Å². The SMILES string of the molecule is CCCCCCCCOC(=O)C(CC)Oc1ccc(-c2nc(-c3ccc(-c4ccccc4)cc3)nc(-c3ccc(-c4ccccc4)cc3)n2)c(O)c1. The van der Waals surface area contributed by atoms with Crippen molar-refractivity contribution in [1.82, 2.24) is 15.0 Å². The summed E-state index contributed by atoms with van der Waals surface area (Å²) in [5.41, 5.74) is 6.45. The van der Waals surface area contributed by atoms with Gasteiger partial charge in [0, 0.05) is 17.2 Å². The molecule has 6 aromatic rings. The van der Waals surface area contributed by atoms with Crippen molar-refractivity contribution in [1.29, 1.82) is 0 Å². The lowest BCUT2D eigenvalue weighted by atomic mass is 10.0. The Labute approximate surface area is 306 Å². The van der Waals surface area contributed by atoms with Crippen LogP contribution in [0.4, 0.5) is 0 Å². The van der Waals surface area contributed by atoms with Gasteiger partial charge in [0.25, 0.3) is 0 Å². The summed E-state index contributed by atoms with van der Waals surface area (Å²) in [5.74, 6) is 1.15. The zero-order valence-corrected chi connectivity index (χ0v) is 29.9. The number of hydrogen-bond donors (Lipinski definition) is 1. The zero-order valence-electron chi connectivity index (χ0n) is 29.9. The van der Waals surface area contributed by atoms with Crippen molar-refractivity contribution >= 4 is 5.97 Å². The molecule has 7 heteroatoms. The Morgan fingerprint density at radius 3 is 1.58 bits per heavy atom. The Hall–Kier alpha value is -5.82. The molecular weight excluding hydrogens is 647 g/mol. The second-order valence-corrected chi connectivity index (χ2v) is 12.8. The predicted octanol–water partition coefficient (Wildman–Crippen LogP) is 11.0. The van der Waals surface area contributed by atoms with Gasteiger partial charge in [-0.05, 0) is 47.2 Å². The molecular formula is C45H45N3O4. The van der Waals surface area contributed by atoms with Crippen molar-refractivity contribution in [2.45, 2.75) is 64.9 Å². The van der Waals surface area contributed by atoms with E-state index in [9.17, 15) is 9.90 Å². The quantitative estimate of drug-likeness (QED) is 0.0797. The van der Waals surface area contributed by atoms with Crippen molar-refractivity contribution in [2.24, 2.45) is 0 Å². The molecule has 0 radical (unpaired) electrons. The molecule has 1 heterocycles. The second-order valence-electron chi connectivity index (χ2n) is 12.8. The first-order valence-electron chi connectivity index (χ1n) is 18.3. The van der Waals surface area contributed by atoms with Gasteiger partial charge in [-0.15, -0.1) is 0 Å². The Morgan fingerprint density at radius 1 is 0.577 bits per heavy atom. The minimum Gasteiger partial charge on any atom is -0.507 e. The first-order chi connectivity index (χ1) is 25.5. The van der Waals surface area contributed by atoms with Gasteiger partial charge in [-0.1, -0.05) is 155 Å². The van der Waals surface area contributed by atoms with E-state index >= 15 is 0 Å². The average Bonchev–Trinajstić information content (AvgIpc) is 3.20. The van der Waals surface area contributed by atoms with Gasteiger partial charge >= 0.3 is 5.97 Å². The zero-order chi connectivity index (χ0) is 36.1. The number of hydrogen-bond acceptors (Lipinski definition) is 7. The molecule has 0 aliphatic rings. The number of aromatic nitrogens is 3. The number of phenolic OH excluding ortho intramolecular Hbond substituents is 1. The van der Waals surface area contributed by atoms with Crippen LogP contribution in [0, 0.1) is 0 Å². The van der Waals surface area contributed by atoms with Crippen molar-refractivity contribution in [3.8, 4) is 67.9 Å². The van der Waals surface area contributed by atoms with Gasteiger partial charge in [-0.3, -0.25) is 0 Å². The fourth-order valence-electron chi connectivity index (χ4n) is 6.02. The van der Waals surface area contributed by atoms with E-state index in [-0.39, 0.29) is 5.75 Å². The fourth-order valence-corrected chi connectivity index (χ4v) is 6.02. The molecule has 6 rings (SSSR count). The number of carbonyl (C=O) groups is 1. The van der Waals surface area contributed by atoms with E-state index in [0.29, 0.717) is 41.8 Å². The van der Waals surface area contributed by atoms with E-state index in [1.165, 1.54) is 25.3 Å². The van der Waals surface area contributed by atoms with Crippen molar-refractivity contribution in [3.63, 3.8) is 0 Å². The van der Waals surface area contributed by atoms with Crippen LogP contribution in [0.3, 0.4) is 0 Å². The standard InChI is InChI=1S/C45H45N3O4/c1-3-5-6-7-8-15-30-51-45(50)41(4-2)52-38-28-29-39(40(49)31-38)44-47-42(36-24-20-34(21-25-36)32-16-11-9-12-17-32)46-43(48-44)37-26-22-35(23-27-37)33-18-13-10-14-19-33/h9-14,16-29,31,41,49H,3-8,15,30H2,1-2H3. The number of aromatic hydroxyl groups is 1. The Balaban J connectivity index is 1.25. The largest absolute Gasteiger partial charge is 0.507 e. The summed E-state index contributed by atoms with van der Waals surface area (Å²) in [6.45, 7) is 4.44. The highest BCUT2D eigenvalue weighted by molar-refractivity contribution is 5.76. The summed E-state index contributed by atoms with van der Waals surface area (Å²) in [5, 5.41) is 11.3. The molecule has 1 unspecified atom stereocenters. The van der Waals surface area contributed by atoms with Crippen molar-refractivity contribution in [3.05, 3.63) is 127 Å². The van der Waals surface area contributed by atoms with Crippen LogP contribution in [0.2, 0.25) is 0 Å². The van der Waals surface area contributed by atoms with Crippen LogP contribution >= 0.6 is 0 Å². The number of rotatable bonds is 16. The van der Waals surface area contributed by atoms with E-state index in [0.717, 1.165) is 52.6 Å². The third kappa shape index (κ3) is 9.29. The van der Waals surface area contributed by atoms with Gasteiger partial charge in [0.1, 0.15) is 11.5 Å². The lowest BCUT2D eigenvalue weighted by Gasteiger charge is -2.17. The summed E-state index contributed by atoms with van der Waals surface area (Å²) in [6, 6.07) is 41.5. The smallest absolute Gasteiger partial charge is 0.347 e. The highest BCUT2D eigenvalue weighted by atomic mass is 16.6. The van der Waals surface area contributed by atoms with E-state index in [1.807, 2.05) is 67.6 Å². The third-order valence-corrected chi connectivity index (χ3v) is 9.00. The molecule has 0 spiro atoms. The van der Waals surface area contributed by atoms with Gasteiger partial charge < -0.3 is 14.6 Å². The molecule has 0 aliphatic heterocycles. The maximum atomic E-state index is 12.8. The molecule has 52 heavy (non-hydrogen) atoms. The van der Waals surface area contributed by atoms with Crippen LogP contribution in [-0.4, -0.2) is 38.7 Å². The molecule has 0 saturated carbocycles. The highest BCUT2D eigenvalue weighted by Crippen LogP contribution is 2.34. The summed E-state index contributed by atoms with van der Waals surface area (Å²) in [4.78, 5) is 27.4. The van der Waals surface area contributed by atoms with E-state index in [1.54, 1.807) is 12.1 Å². The predicted molar refractivity (Wildman–Crippen MR) is 208 cm³/mol. The highest BCUT2D eigenvalue weighted by Gasteiger charge is 2.22. The molecule has 0 aliphatic carbocycles. The normalized spacial score (nSPS) is 11.6. The topological polar surface area (TPSA) is 94.4 Å². The molecule has 1 aromatic heterocycles. The second kappa shape index (κ2) is 17.9. The fraction of sp³-hybridized carbons (Fsp3) is 0.244. The molecule has 1 N–H and O–H groups in total. The number of ether oxygens (including phenoxy) is 2. The Morgan fingerprint density at radius 2 is 1.06 bits per heavy atom.